The van der Waals surface area contributed by atoms with E-state index in [-0.39, 0.29) is 5.75 Å². The Bertz CT molecular complexity index is 342. The van der Waals surface area contributed by atoms with E-state index in [9.17, 15) is 10.2 Å². The number of nitrogens with one attached hydrogen (secondary N) is 1. The number of aromatic hydroxyl groups is 1. The van der Waals surface area contributed by atoms with Crippen molar-refractivity contribution < 1.29 is 10.2 Å². The highest BCUT2D eigenvalue weighted by molar-refractivity contribution is 6.31. The monoisotopic (exact) mass is 243 g/mol. The Morgan fingerprint density at radius 2 is 2.00 bits per heavy atom. The predicted octanol–water partition coefficient (Wildman–Crippen LogP) is 2.32. The standard InChI is InChI=1S/C12H18ClNO2/c1-8(2)6-14-7-12(16)10-4-3-9(15)5-11(10)13/h3-5,8,12,14-16H,6-7H2,1-2H3. The molecule has 0 aliphatic heterocycles. The van der Waals surface area contributed by atoms with Gasteiger partial charge in [-0.15, -0.1) is 0 Å². The van der Waals surface area contributed by atoms with Crippen LogP contribution in [0.1, 0.15) is 25.5 Å². The van der Waals surface area contributed by atoms with Gasteiger partial charge in [-0.2, -0.15) is 0 Å². The lowest BCUT2D eigenvalue weighted by atomic mass is 10.1. The maximum Gasteiger partial charge on any atom is 0.117 e. The molecule has 1 unspecified atom stereocenters. The van der Waals surface area contributed by atoms with Crippen molar-refractivity contribution in [3.8, 4) is 5.75 Å². The highest BCUT2D eigenvalue weighted by Gasteiger charge is 2.11. The highest BCUT2D eigenvalue weighted by Crippen LogP contribution is 2.26. The first-order valence-electron chi connectivity index (χ1n) is 5.38. The summed E-state index contributed by atoms with van der Waals surface area (Å²) in [4.78, 5) is 0. The maximum absolute atomic E-state index is 9.88. The number of phenolic OH excluding ortho intramolecular Hbond substituents is 1. The first-order valence-corrected chi connectivity index (χ1v) is 5.75. The van der Waals surface area contributed by atoms with Crippen molar-refractivity contribution in [3.05, 3.63) is 28.8 Å². The molecule has 0 aliphatic rings. The van der Waals surface area contributed by atoms with Gasteiger partial charge in [-0.05, 0) is 24.6 Å². The topological polar surface area (TPSA) is 52.5 Å². The first kappa shape index (κ1) is 13.3. The third-order valence-electron chi connectivity index (χ3n) is 2.23. The third kappa shape index (κ3) is 4.00. The second kappa shape index (κ2) is 6.09. The SMILES string of the molecule is CC(C)CNCC(O)c1ccc(O)cc1Cl. The number of aliphatic hydroxyl groups is 1. The summed E-state index contributed by atoms with van der Waals surface area (Å²) in [5.41, 5.74) is 0.635. The Morgan fingerprint density at radius 1 is 1.31 bits per heavy atom. The van der Waals surface area contributed by atoms with E-state index in [0.29, 0.717) is 23.0 Å². The van der Waals surface area contributed by atoms with Crippen LogP contribution >= 0.6 is 11.6 Å². The molecule has 3 nitrogen and oxygen atoms in total. The van der Waals surface area contributed by atoms with Crippen molar-refractivity contribution in [2.24, 2.45) is 5.92 Å². The fourth-order valence-electron chi connectivity index (χ4n) is 1.40. The molecule has 90 valence electrons. The van der Waals surface area contributed by atoms with Crippen LogP contribution < -0.4 is 5.32 Å². The van der Waals surface area contributed by atoms with Gasteiger partial charge in [0.1, 0.15) is 5.75 Å². The van der Waals surface area contributed by atoms with Crippen molar-refractivity contribution in [1.29, 1.82) is 0 Å². The molecule has 1 atom stereocenters. The molecular formula is C12H18ClNO2. The minimum atomic E-state index is -0.646. The molecule has 0 radical (unpaired) electrons. The van der Waals surface area contributed by atoms with Crippen LogP contribution in [0, 0.1) is 5.92 Å². The zero-order chi connectivity index (χ0) is 12.1. The number of aliphatic hydroxyl groups excluding tert-OH is 1. The predicted molar refractivity (Wildman–Crippen MR) is 65.8 cm³/mol. The van der Waals surface area contributed by atoms with Crippen molar-refractivity contribution in [2.45, 2.75) is 20.0 Å². The van der Waals surface area contributed by atoms with Crippen LogP contribution in [0.2, 0.25) is 5.02 Å². The molecule has 1 rings (SSSR count). The molecule has 0 bridgehead atoms. The van der Waals surface area contributed by atoms with Gasteiger partial charge in [-0.3, -0.25) is 0 Å². The Hall–Kier alpha value is -0.770. The summed E-state index contributed by atoms with van der Waals surface area (Å²) < 4.78 is 0. The Labute approximate surface area is 101 Å². The molecule has 0 fully saturated rings. The number of phenols is 1. The zero-order valence-electron chi connectivity index (χ0n) is 9.57. The van der Waals surface area contributed by atoms with Crippen molar-refractivity contribution in [2.75, 3.05) is 13.1 Å². The summed E-state index contributed by atoms with van der Waals surface area (Å²) in [6, 6.07) is 4.59. The smallest absolute Gasteiger partial charge is 0.117 e. The first-order chi connectivity index (χ1) is 7.50. The molecular weight excluding hydrogens is 226 g/mol. The van der Waals surface area contributed by atoms with E-state index in [2.05, 4.69) is 19.2 Å². The van der Waals surface area contributed by atoms with Gasteiger partial charge in [-0.25, -0.2) is 0 Å². The molecule has 0 heterocycles. The minimum Gasteiger partial charge on any atom is -0.508 e. The van der Waals surface area contributed by atoms with Gasteiger partial charge in [-0.1, -0.05) is 31.5 Å². The van der Waals surface area contributed by atoms with E-state index in [1.165, 1.54) is 12.1 Å². The second-order valence-electron chi connectivity index (χ2n) is 4.27. The van der Waals surface area contributed by atoms with Gasteiger partial charge in [0.15, 0.2) is 0 Å². The maximum atomic E-state index is 9.88. The quantitative estimate of drug-likeness (QED) is 0.744. The van der Waals surface area contributed by atoms with Gasteiger partial charge in [0, 0.05) is 12.1 Å². The van der Waals surface area contributed by atoms with Crippen LogP contribution in [-0.2, 0) is 0 Å². The molecule has 0 amide bonds. The molecule has 0 spiro atoms. The van der Waals surface area contributed by atoms with Crippen molar-refractivity contribution >= 4 is 11.6 Å². The summed E-state index contributed by atoms with van der Waals surface area (Å²) >= 11 is 5.92. The minimum absolute atomic E-state index is 0.107. The van der Waals surface area contributed by atoms with Crippen LogP contribution in [0.3, 0.4) is 0 Å². The van der Waals surface area contributed by atoms with Gasteiger partial charge in [0.05, 0.1) is 11.1 Å². The lowest BCUT2D eigenvalue weighted by Gasteiger charge is -2.14. The van der Waals surface area contributed by atoms with Crippen LogP contribution in [0.15, 0.2) is 18.2 Å². The van der Waals surface area contributed by atoms with Gasteiger partial charge < -0.3 is 15.5 Å². The fourth-order valence-corrected chi connectivity index (χ4v) is 1.71. The van der Waals surface area contributed by atoms with Crippen LogP contribution in [0.4, 0.5) is 0 Å². The third-order valence-corrected chi connectivity index (χ3v) is 2.56. The normalized spacial score (nSPS) is 13.1. The van der Waals surface area contributed by atoms with Crippen LogP contribution in [-0.4, -0.2) is 23.3 Å². The molecule has 1 aromatic rings. The lowest BCUT2D eigenvalue weighted by molar-refractivity contribution is 0.173. The number of hydrogen-bond acceptors (Lipinski definition) is 3. The largest absolute Gasteiger partial charge is 0.508 e. The second-order valence-corrected chi connectivity index (χ2v) is 4.68. The molecule has 4 heteroatoms. The van der Waals surface area contributed by atoms with E-state index in [1.54, 1.807) is 6.07 Å². The van der Waals surface area contributed by atoms with E-state index in [0.717, 1.165) is 6.54 Å². The Kier molecular flexibility index (Phi) is 5.06. The summed E-state index contributed by atoms with van der Waals surface area (Å²) in [6.07, 6.45) is -0.646. The van der Waals surface area contributed by atoms with E-state index >= 15 is 0 Å². The molecule has 3 N–H and O–H groups in total. The van der Waals surface area contributed by atoms with E-state index in [4.69, 9.17) is 11.6 Å². The van der Waals surface area contributed by atoms with E-state index < -0.39 is 6.10 Å². The Balaban J connectivity index is 2.55. The number of halogens is 1. The molecule has 0 saturated heterocycles. The summed E-state index contributed by atoms with van der Waals surface area (Å²) in [5, 5.41) is 22.6. The van der Waals surface area contributed by atoms with Crippen LogP contribution in [0.5, 0.6) is 5.75 Å². The lowest BCUT2D eigenvalue weighted by Crippen LogP contribution is -2.25. The Morgan fingerprint density at radius 3 is 2.56 bits per heavy atom. The molecule has 0 aromatic heterocycles. The van der Waals surface area contributed by atoms with E-state index in [1.807, 2.05) is 0 Å². The average Bonchev–Trinajstić information content (AvgIpc) is 2.16. The van der Waals surface area contributed by atoms with Crippen molar-refractivity contribution in [3.63, 3.8) is 0 Å². The highest BCUT2D eigenvalue weighted by atomic mass is 35.5. The fraction of sp³-hybridized carbons (Fsp3) is 0.500. The number of hydrogen-bond donors (Lipinski definition) is 3. The van der Waals surface area contributed by atoms with Crippen molar-refractivity contribution in [1.82, 2.24) is 5.32 Å². The zero-order valence-corrected chi connectivity index (χ0v) is 10.3. The van der Waals surface area contributed by atoms with Gasteiger partial charge in [0.25, 0.3) is 0 Å². The molecule has 0 aliphatic carbocycles. The van der Waals surface area contributed by atoms with Gasteiger partial charge >= 0.3 is 0 Å². The van der Waals surface area contributed by atoms with Crippen LogP contribution in [0.25, 0.3) is 0 Å². The summed E-state index contributed by atoms with van der Waals surface area (Å²) in [7, 11) is 0. The number of rotatable bonds is 5. The average molecular weight is 244 g/mol. The molecule has 16 heavy (non-hydrogen) atoms. The summed E-state index contributed by atoms with van der Waals surface area (Å²) in [6.45, 7) is 5.52. The molecule has 1 aromatic carbocycles. The number of benzene rings is 1. The molecule has 0 saturated carbocycles. The summed E-state index contributed by atoms with van der Waals surface area (Å²) in [5.74, 6) is 0.651. The van der Waals surface area contributed by atoms with Gasteiger partial charge in [0.2, 0.25) is 0 Å².